The summed E-state index contributed by atoms with van der Waals surface area (Å²) in [7, 11) is 0. The SMILES string of the molecule is CC(/C=C1\COC(c2oc(=O)c(C)c(O)c2C)C1)=C\c1ccc([N+](=O)[O-])cc1. The molecule has 7 nitrogen and oxygen atoms in total. The van der Waals surface area contributed by atoms with Crippen LogP contribution in [0.3, 0.4) is 0 Å². The van der Waals surface area contributed by atoms with Gasteiger partial charge >= 0.3 is 5.63 Å². The largest absolute Gasteiger partial charge is 0.507 e. The van der Waals surface area contributed by atoms with Crippen LogP contribution < -0.4 is 5.63 Å². The third-order valence-electron chi connectivity index (χ3n) is 4.73. The van der Waals surface area contributed by atoms with Crippen molar-refractivity contribution in [1.82, 2.24) is 0 Å². The Morgan fingerprint density at radius 1 is 1.25 bits per heavy atom. The first-order valence-electron chi connectivity index (χ1n) is 8.83. The summed E-state index contributed by atoms with van der Waals surface area (Å²) in [5, 5.41) is 20.8. The maximum atomic E-state index is 11.9. The molecular formula is C21H21NO6. The quantitative estimate of drug-likeness (QED) is 0.621. The van der Waals surface area contributed by atoms with Crippen LogP contribution in [0.2, 0.25) is 0 Å². The summed E-state index contributed by atoms with van der Waals surface area (Å²) in [4.78, 5) is 22.1. The van der Waals surface area contributed by atoms with E-state index in [-0.39, 0.29) is 17.0 Å². The smallest absolute Gasteiger partial charge is 0.342 e. The minimum Gasteiger partial charge on any atom is -0.507 e. The van der Waals surface area contributed by atoms with Gasteiger partial charge in [0.1, 0.15) is 17.6 Å². The fraction of sp³-hybridized carbons (Fsp3) is 0.286. The number of hydrogen-bond donors (Lipinski definition) is 1. The number of nitro benzene ring substituents is 1. The standard InChI is InChI=1S/C21H21NO6/c1-12(8-15-4-6-17(7-5-15)22(25)26)9-16-10-18(27-11-16)20-13(2)19(23)14(3)21(24)28-20/h4-9,18,23H,10-11H2,1-3H3/b12-8+,16-9-. The summed E-state index contributed by atoms with van der Waals surface area (Å²) in [5.74, 6) is 0.301. The first-order chi connectivity index (χ1) is 13.3. The van der Waals surface area contributed by atoms with Gasteiger partial charge in [-0.05, 0) is 44.0 Å². The van der Waals surface area contributed by atoms with Gasteiger partial charge in [0.25, 0.3) is 5.69 Å². The van der Waals surface area contributed by atoms with Crippen molar-refractivity contribution in [2.45, 2.75) is 33.3 Å². The highest BCUT2D eigenvalue weighted by molar-refractivity contribution is 5.57. The van der Waals surface area contributed by atoms with Crippen molar-refractivity contribution in [2.75, 3.05) is 6.61 Å². The van der Waals surface area contributed by atoms with Crippen molar-refractivity contribution < 1.29 is 19.2 Å². The van der Waals surface area contributed by atoms with Gasteiger partial charge < -0.3 is 14.3 Å². The molecule has 1 aliphatic heterocycles. The molecule has 146 valence electrons. The molecule has 1 aromatic heterocycles. The minimum atomic E-state index is -0.562. The van der Waals surface area contributed by atoms with Gasteiger partial charge in [-0.1, -0.05) is 17.7 Å². The number of hydrogen-bond acceptors (Lipinski definition) is 6. The molecule has 2 heterocycles. The summed E-state index contributed by atoms with van der Waals surface area (Å²) in [5.41, 5.74) is 3.06. The molecule has 28 heavy (non-hydrogen) atoms. The van der Waals surface area contributed by atoms with Crippen molar-refractivity contribution in [3.05, 3.63) is 84.5 Å². The maximum Gasteiger partial charge on any atom is 0.342 e. The van der Waals surface area contributed by atoms with Crippen molar-refractivity contribution in [1.29, 1.82) is 0 Å². The van der Waals surface area contributed by atoms with Crippen LogP contribution in [0.1, 0.15) is 41.9 Å². The highest BCUT2D eigenvalue weighted by atomic mass is 16.6. The Bertz CT molecular complexity index is 1030. The summed E-state index contributed by atoms with van der Waals surface area (Å²) in [6, 6.07) is 6.33. The van der Waals surface area contributed by atoms with Crippen LogP contribution in [-0.4, -0.2) is 16.6 Å². The predicted molar refractivity (Wildman–Crippen MR) is 104 cm³/mol. The van der Waals surface area contributed by atoms with Gasteiger partial charge in [-0.15, -0.1) is 0 Å². The molecular weight excluding hydrogens is 362 g/mol. The Labute approximate surface area is 161 Å². The van der Waals surface area contributed by atoms with Gasteiger partial charge in [0.05, 0.1) is 17.1 Å². The number of non-ortho nitro benzene ring substituents is 1. The molecule has 7 heteroatoms. The van der Waals surface area contributed by atoms with E-state index in [9.17, 15) is 20.0 Å². The van der Waals surface area contributed by atoms with Gasteiger partial charge in [-0.25, -0.2) is 4.79 Å². The van der Waals surface area contributed by atoms with Crippen LogP contribution in [0.5, 0.6) is 5.75 Å². The average molecular weight is 383 g/mol. The van der Waals surface area contributed by atoms with E-state index in [0.717, 1.165) is 16.7 Å². The summed E-state index contributed by atoms with van der Waals surface area (Å²) >= 11 is 0. The number of benzene rings is 1. The van der Waals surface area contributed by atoms with Gasteiger partial charge in [0, 0.05) is 24.1 Å². The summed E-state index contributed by atoms with van der Waals surface area (Å²) < 4.78 is 11.1. The number of allylic oxidation sites excluding steroid dienone is 2. The summed E-state index contributed by atoms with van der Waals surface area (Å²) in [6.45, 7) is 5.55. The molecule has 1 N–H and O–H groups in total. The highest BCUT2D eigenvalue weighted by Gasteiger charge is 2.28. The lowest BCUT2D eigenvalue weighted by atomic mass is 10.0. The Morgan fingerprint density at radius 2 is 1.93 bits per heavy atom. The third-order valence-corrected chi connectivity index (χ3v) is 4.73. The first-order valence-corrected chi connectivity index (χ1v) is 8.83. The van der Waals surface area contributed by atoms with E-state index in [1.807, 2.05) is 19.1 Å². The molecule has 2 aromatic rings. The lowest BCUT2D eigenvalue weighted by Crippen LogP contribution is -2.10. The molecule has 1 aliphatic rings. The van der Waals surface area contributed by atoms with Crippen LogP contribution in [0, 0.1) is 24.0 Å². The van der Waals surface area contributed by atoms with E-state index < -0.39 is 16.7 Å². The van der Waals surface area contributed by atoms with Gasteiger partial charge in [0.15, 0.2) is 0 Å². The molecule has 1 saturated heterocycles. The van der Waals surface area contributed by atoms with Gasteiger partial charge in [-0.2, -0.15) is 0 Å². The van der Waals surface area contributed by atoms with E-state index in [1.54, 1.807) is 19.1 Å². The van der Waals surface area contributed by atoms with Gasteiger partial charge in [0.2, 0.25) is 0 Å². The molecule has 0 aliphatic carbocycles. The van der Waals surface area contributed by atoms with E-state index in [1.165, 1.54) is 19.1 Å². The predicted octanol–water partition coefficient (Wildman–Crippen LogP) is 4.36. The molecule has 0 spiro atoms. The Hall–Kier alpha value is -3.19. The minimum absolute atomic E-state index is 0.0541. The van der Waals surface area contributed by atoms with Crippen LogP contribution >= 0.6 is 0 Å². The number of ether oxygens (including phenoxy) is 1. The van der Waals surface area contributed by atoms with Crippen molar-refractivity contribution in [2.24, 2.45) is 0 Å². The highest BCUT2D eigenvalue weighted by Crippen LogP contribution is 2.36. The summed E-state index contributed by atoms with van der Waals surface area (Å²) in [6.07, 6.45) is 4.05. The number of rotatable bonds is 4. The molecule has 1 atom stereocenters. The molecule has 1 aromatic carbocycles. The average Bonchev–Trinajstić information content (AvgIpc) is 3.11. The fourth-order valence-corrected chi connectivity index (χ4v) is 3.21. The fourth-order valence-electron chi connectivity index (χ4n) is 3.21. The van der Waals surface area contributed by atoms with Crippen molar-refractivity contribution >= 4 is 11.8 Å². The van der Waals surface area contributed by atoms with E-state index in [0.29, 0.717) is 24.4 Å². The van der Waals surface area contributed by atoms with Crippen molar-refractivity contribution in [3.63, 3.8) is 0 Å². The second-order valence-corrected chi connectivity index (χ2v) is 6.90. The number of nitro groups is 1. The second-order valence-electron chi connectivity index (χ2n) is 6.90. The molecule has 1 fully saturated rings. The molecule has 0 radical (unpaired) electrons. The zero-order chi connectivity index (χ0) is 20.4. The Balaban J connectivity index is 1.77. The molecule has 1 unspecified atom stereocenters. The number of aromatic hydroxyl groups is 1. The Morgan fingerprint density at radius 3 is 2.57 bits per heavy atom. The topological polar surface area (TPSA) is 103 Å². The number of nitrogens with zero attached hydrogens (tertiary/aromatic N) is 1. The van der Waals surface area contributed by atoms with Crippen LogP contribution in [0.25, 0.3) is 6.08 Å². The monoisotopic (exact) mass is 383 g/mol. The molecule has 0 bridgehead atoms. The molecule has 0 saturated carbocycles. The van der Waals surface area contributed by atoms with Crippen LogP contribution in [0.4, 0.5) is 5.69 Å². The first kappa shape index (κ1) is 19.6. The van der Waals surface area contributed by atoms with Crippen LogP contribution in [0.15, 0.2) is 50.7 Å². The Kier molecular flexibility index (Phi) is 5.46. The maximum absolute atomic E-state index is 11.9. The van der Waals surface area contributed by atoms with Crippen molar-refractivity contribution in [3.8, 4) is 5.75 Å². The third kappa shape index (κ3) is 4.04. The molecule has 0 amide bonds. The van der Waals surface area contributed by atoms with Gasteiger partial charge in [-0.3, -0.25) is 10.1 Å². The van der Waals surface area contributed by atoms with E-state index in [4.69, 9.17) is 9.15 Å². The second kappa shape index (κ2) is 7.82. The normalized spacial score (nSPS) is 18.6. The lowest BCUT2D eigenvalue weighted by molar-refractivity contribution is -0.384. The zero-order valence-electron chi connectivity index (χ0n) is 15.9. The molecule has 3 rings (SSSR count). The van der Waals surface area contributed by atoms with Crippen LogP contribution in [-0.2, 0) is 4.74 Å². The lowest BCUT2D eigenvalue weighted by Gasteiger charge is -2.12. The van der Waals surface area contributed by atoms with E-state index >= 15 is 0 Å². The zero-order valence-corrected chi connectivity index (χ0v) is 15.9. The van der Waals surface area contributed by atoms with E-state index in [2.05, 4.69) is 0 Å².